The lowest BCUT2D eigenvalue weighted by Crippen LogP contribution is -1.97. The number of hydrogen-bond acceptors (Lipinski definition) is 5. The third-order valence-electron chi connectivity index (χ3n) is 1.70. The summed E-state index contributed by atoms with van der Waals surface area (Å²) in [7, 11) is 0. The molecule has 1 aromatic carbocycles. The van der Waals surface area contributed by atoms with Crippen molar-refractivity contribution < 1.29 is 14.9 Å². The molecule has 0 radical (unpaired) electrons. The first-order valence-corrected chi connectivity index (χ1v) is 4.27. The third-order valence-corrected chi connectivity index (χ3v) is 1.70. The van der Waals surface area contributed by atoms with Gasteiger partial charge in [-0.15, -0.1) is 0 Å². The van der Waals surface area contributed by atoms with Crippen molar-refractivity contribution in [1.29, 1.82) is 0 Å². The Balaban J connectivity index is 3.14. The van der Waals surface area contributed by atoms with Gasteiger partial charge in [-0.2, -0.15) is 0 Å². The topological polar surface area (TPSA) is 85.0 Å². The number of ether oxygens (including phenoxy) is 1. The zero-order valence-corrected chi connectivity index (χ0v) is 8.08. The number of oxime groups is 1. The summed E-state index contributed by atoms with van der Waals surface area (Å²) in [5.41, 5.74) is 0.293. The van der Waals surface area contributed by atoms with Crippen LogP contribution in [0.4, 0.5) is 5.69 Å². The first-order valence-electron chi connectivity index (χ1n) is 4.27. The van der Waals surface area contributed by atoms with Gasteiger partial charge < -0.3 is 9.94 Å². The fraction of sp³-hybridized carbons (Fsp3) is 0.222. The lowest BCUT2D eigenvalue weighted by molar-refractivity contribution is -0.384. The second kappa shape index (κ2) is 4.94. The molecule has 0 aliphatic rings. The summed E-state index contributed by atoms with van der Waals surface area (Å²) in [6, 6.07) is 4.09. The highest BCUT2D eigenvalue weighted by Crippen LogP contribution is 2.22. The maximum absolute atomic E-state index is 10.5. The fourth-order valence-corrected chi connectivity index (χ4v) is 1.10. The van der Waals surface area contributed by atoms with Crippen LogP contribution in [-0.2, 0) is 0 Å². The molecule has 0 unspecified atom stereocenters. The molecule has 0 bridgehead atoms. The van der Waals surface area contributed by atoms with Crippen LogP contribution in [0.25, 0.3) is 0 Å². The van der Waals surface area contributed by atoms with Gasteiger partial charge in [-0.1, -0.05) is 5.16 Å². The molecule has 15 heavy (non-hydrogen) atoms. The van der Waals surface area contributed by atoms with E-state index in [1.807, 2.05) is 0 Å². The summed E-state index contributed by atoms with van der Waals surface area (Å²) in [5, 5.41) is 21.7. The molecule has 0 saturated carbocycles. The van der Waals surface area contributed by atoms with Crippen molar-refractivity contribution in [2.75, 3.05) is 6.61 Å². The van der Waals surface area contributed by atoms with Gasteiger partial charge in [0.2, 0.25) is 0 Å². The number of non-ortho nitro benzene ring substituents is 1. The predicted octanol–water partition coefficient (Wildman–Crippen LogP) is 1.80. The summed E-state index contributed by atoms with van der Waals surface area (Å²) in [6.07, 6.45) is 1.10. The van der Waals surface area contributed by atoms with Crippen molar-refractivity contribution in [3.8, 4) is 5.75 Å². The Hall–Kier alpha value is -2.11. The van der Waals surface area contributed by atoms with E-state index in [0.29, 0.717) is 17.9 Å². The van der Waals surface area contributed by atoms with E-state index in [-0.39, 0.29) is 5.69 Å². The van der Waals surface area contributed by atoms with Gasteiger partial charge in [0.05, 0.1) is 17.7 Å². The van der Waals surface area contributed by atoms with Crippen LogP contribution in [-0.4, -0.2) is 23.0 Å². The van der Waals surface area contributed by atoms with Gasteiger partial charge in [0, 0.05) is 17.7 Å². The molecule has 80 valence electrons. The van der Waals surface area contributed by atoms with E-state index in [9.17, 15) is 10.1 Å². The van der Waals surface area contributed by atoms with E-state index in [1.54, 1.807) is 6.92 Å². The molecule has 0 amide bonds. The Bertz CT molecular complexity index is 390. The van der Waals surface area contributed by atoms with Crippen molar-refractivity contribution in [2.45, 2.75) is 6.92 Å². The van der Waals surface area contributed by atoms with Crippen LogP contribution in [0.3, 0.4) is 0 Å². The Morgan fingerprint density at radius 2 is 2.40 bits per heavy atom. The molecule has 1 N–H and O–H groups in total. The number of benzene rings is 1. The normalized spacial score (nSPS) is 10.5. The van der Waals surface area contributed by atoms with Crippen LogP contribution in [0.1, 0.15) is 12.5 Å². The van der Waals surface area contributed by atoms with Crippen LogP contribution in [0, 0.1) is 10.1 Å². The summed E-state index contributed by atoms with van der Waals surface area (Å²) < 4.78 is 5.20. The zero-order valence-electron chi connectivity index (χ0n) is 8.08. The molecule has 0 heterocycles. The van der Waals surface area contributed by atoms with Gasteiger partial charge in [0.15, 0.2) is 0 Å². The highest BCUT2D eigenvalue weighted by atomic mass is 16.6. The van der Waals surface area contributed by atoms with Crippen molar-refractivity contribution in [2.24, 2.45) is 5.16 Å². The standard InChI is InChI=1S/C9H10N2O4/c1-2-15-9-4-3-8(11(13)14)5-7(9)6-10-12/h3-6,12H,2H2,1H3/b10-6+. The summed E-state index contributed by atoms with van der Waals surface area (Å²) in [5.74, 6) is 0.445. The second-order valence-corrected chi connectivity index (χ2v) is 2.66. The maximum Gasteiger partial charge on any atom is 0.270 e. The van der Waals surface area contributed by atoms with Gasteiger partial charge in [-0.25, -0.2) is 0 Å². The molecule has 0 atom stereocenters. The fourth-order valence-electron chi connectivity index (χ4n) is 1.10. The van der Waals surface area contributed by atoms with Crippen molar-refractivity contribution in [3.05, 3.63) is 33.9 Å². The first kappa shape index (κ1) is 11.0. The van der Waals surface area contributed by atoms with Crippen LogP contribution < -0.4 is 4.74 Å². The van der Waals surface area contributed by atoms with E-state index < -0.39 is 4.92 Å². The molecule has 6 nitrogen and oxygen atoms in total. The average Bonchev–Trinajstić information content (AvgIpc) is 2.21. The molecule has 6 heteroatoms. The van der Waals surface area contributed by atoms with Crippen LogP contribution >= 0.6 is 0 Å². The molecule has 1 aromatic rings. The predicted molar refractivity (Wildman–Crippen MR) is 53.6 cm³/mol. The van der Waals surface area contributed by atoms with Crippen LogP contribution in [0.2, 0.25) is 0 Å². The monoisotopic (exact) mass is 210 g/mol. The van der Waals surface area contributed by atoms with Crippen LogP contribution in [0.15, 0.2) is 23.4 Å². The largest absolute Gasteiger partial charge is 0.493 e. The summed E-state index contributed by atoms with van der Waals surface area (Å²) in [4.78, 5) is 9.96. The van der Waals surface area contributed by atoms with Crippen LogP contribution in [0.5, 0.6) is 5.75 Å². The lowest BCUT2D eigenvalue weighted by Gasteiger charge is -2.05. The molecular formula is C9H10N2O4. The smallest absolute Gasteiger partial charge is 0.270 e. The van der Waals surface area contributed by atoms with Crippen molar-refractivity contribution >= 4 is 11.9 Å². The number of nitrogens with zero attached hydrogens (tertiary/aromatic N) is 2. The van der Waals surface area contributed by atoms with E-state index in [0.717, 1.165) is 6.21 Å². The minimum Gasteiger partial charge on any atom is -0.493 e. The molecule has 0 fully saturated rings. The molecule has 0 aliphatic carbocycles. The molecule has 0 aromatic heterocycles. The summed E-state index contributed by atoms with van der Waals surface area (Å²) in [6.45, 7) is 2.23. The zero-order chi connectivity index (χ0) is 11.3. The minimum atomic E-state index is -0.523. The molecule has 1 rings (SSSR count). The summed E-state index contributed by atoms with van der Waals surface area (Å²) >= 11 is 0. The highest BCUT2D eigenvalue weighted by Gasteiger charge is 2.10. The second-order valence-electron chi connectivity index (χ2n) is 2.66. The molecule has 0 saturated heterocycles. The van der Waals surface area contributed by atoms with E-state index >= 15 is 0 Å². The van der Waals surface area contributed by atoms with Crippen molar-refractivity contribution in [1.82, 2.24) is 0 Å². The number of nitro benzene ring substituents is 1. The third kappa shape index (κ3) is 2.67. The highest BCUT2D eigenvalue weighted by molar-refractivity contribution is 5.84. The van der Waals surface area contributed by atoms with Gasteiger partial charge in [0.1, 0.15) is 5.75 Å². The Labute approximate surface area is 85.9 Å². The van der Waals surface area contributed by atoms with E-state index in [4.69, 9.17) is 9.94 Å². The van der Waals surface area contributed by atoms with Gasteiger partial charge in [-0.3, -0.25) is 10.1 Å². The van der Waals surface area contributed by atoms with Gasteiger partial charge >= 0.3 is 0 Å². The Kier molecular flexibility index (Phi) is 3.61. The number of hydrogen-bond donors (Lipinski definition) is 1. The maximum atomic E-state index is 10.5. The molecule has 0 spiro atoms. The van der Waals surface area contributed by atoms with E-state index in [1.165, 1.54) is 18.2 Å². The van der Waals surface area contributed by atoms with Gasteiger partial charge in [-0.05, 0) is 13.0 Å². The number of nitro groups is 1. The molecular weight excluding hydrogens is 200 g/mol. The Morgan fingerprint density at radius 1 is 1.67 bits per heavy atom. The number of rotatable bonds is 4. The van der Waals surface area contributed by atoms with Crippen molar-refractivity contribution in [3.63, 3.8) is 0 Å². The SMILES string of the molecule is CCOc1ccc([N+](=O)[O-])cc1/C=N/O. The lowest BCUT2D eigenvalue weighted by atomic mass is 10.2. The Morgan fingerprint density at radius 3 is 2.93 bits per heavy atom. The quantitative estimate of drug-likeness (QED) is 0.355. The average molecular weight is 210 g/mol. The minimum absolute atomic E-state index is 0.0756. The van der Waals surface area contributed by atoms with E-state index in [2.05, 4.69) is 5.16 Å². The van der Waals surface area contributed by atoms with Gasteiger partial charge in [0.25, 0.3) is 5.69 Å². The molecule has 0 aliphatic heterocycles. The first-order chi connectivity index (χ1) is 7.19.